The summed E-state index contributed by atoms with van der Waals surface area (Å²) in [6.07, 6.45) is 3.79. The van der Waals surface area contributed by atoms with E-state index in [0.29, 0.717) is 31.6 Å². The van der Waals surface area contributed by atoms with Crippen LogP contribution >= 0.6 is 0 Å². The van der Waals surface area contributed by atoms with Crippen LogP contribution in [-0.4, -0.2) is 87.4 Å². The Hall–Kier alpha value is -1.44. The number of β-amino-alcohol motifs (C(OH)–C–C–N with tert-alkyl or cyclic N) is 1. The number of aromatic nitrogens is 2. The second-order valence-electron chi connectivity index (χ2n) is 7.98. The number of aliphatic hydroxyl groups is 1. The third-order valence-corrected chi connectivity index (χ3v) is 5.91. The number of likely N-dealkylation sites (N-methyl/N-ethyl adjacent to an activating group) is 1. The van der Waals surface area contributed by atoms with Crippen LogP contribution in [0.2, 0.25) is 0 Å². The first kappa shape index (κ1) is 17.0. The Morgan fingerprint density at radius 1 is 1.16 bits per heavy atom. The highest BCUT2D eigenvalue weighted by Gasteiger charge is 2.36. The van der Waals surface area contributed by atoms with Gasteiger partial charge in [-0.25, -0.2) is 0 Å². The highest BCUT2D eigenvalue weighted by atomic mass is 16.3. The lowest BCUT2D eigenvalue weighted by atomic mass is 9.90. The summed E-state index contributed by atoms with van der Waals surface area (Å²) in [7, 11) is 2.09. The van der Waals surface area contributed by atoms with Crippen LogP contribution in [0.25, 0.3) is 0 Å². The van der Waals surface area contributed by atoms with Gasteiger partial charge in [0, 0.05) is 32.7 Å². The van der Waals surface area contributed by atoms with Gasteiger partial charge in [-0.1, -0.05) is 0 Å². The number of piperidine rings is 1. The van der Waals surface area contributed by atoms with Crippen LogP contribution in [0.3, 0.4) is 0 Å². The Morgan fingerprint density at radius 2 is 1.88 bits per heavy atom. The molecule has 0 unspecified atom stereocenters. The van der Waals surface area contributed by atoms with Crippen LogP contribution in [-0.2, 0) is 13.1 Å². The summed E-state index contributed by atoms with van der Waals surface area (Å²) in [5.74, 6) is 0.00720. The average Bonchev–Trinajstić information content (AvgIpc) is 3.23. The molecule has 0 radical (unpaired) electrons. The van der Waals surface area contributed by atoms with Gasteiger partial charge in [0.2, 0.25) is 0 Å². The Bertz CT molecular complexity index is 629. The summed E-state index contributed by atoms with van der Waals surface area (Å²) < 4.78 is 1.96. The van der Waals surface area contributed by atoms with E-state index in [0.717, 1.165) is 45.0 Å². The maximum Gasteiger partial charge on any atom is 0.274 e. The minimum Gasteiger partial charge on any atom is -0.388 e. The number of hydrogen-bond acceptors (Lipinski definition) is 5. The largest absolute Gasteiger partial charge is 0.388 e. The zero-order valence-corrected chi connectivity index (χ0v) is 15.2. The maximum atomic E-state index is 12.8. The van der Waals surface area contributed by atoms with E-state index in [1.165, 1.54) is 12.8 Å². The number of carbonyl (C=O) groups is 1. The predicted molar refractivity (Wildman–Crippen MR) is 94.3 cm³/mol. The summed E-state index contributed by atoms with van der Waals surface area (Å²) in [4.78, 5) is 19.3. The molecule has 1 aromatic rings. The van der Waals surface area contributed by atoms with E-state index in [1.54, 1.807) is 0 Å². The first-order valence-corrected chi connectivity index (χ1v) is 9.52. The molecular formula is C18H29N5O2. The lowest BCUT2D eigenvalue weighted by Gasteiger charge is -2.40. The van der Waals surface area contributed by atoms with Gasteiger partial charge in [0.25, 0.3) is 5.91 Å². The van der Waals surface area contributed by atoms with Gasteiger partial charge < -0.3 is 14.9 Å². The molecule has 0 spiro atoms. The molecule has 7 heteroatoms. The summed E-state index contributed by atoms with van der Waals surface area (Å²) in [6.45, 7) is 6.83. The molecule has 1 N–H and O–H groups in total. The lowest BCUT2D eigenvalue weighted by Crippen LogP contribution is -2.51. The highest BCUT2D eigenvalue weighted by Crippen LogP contribution is 2.26. The molecule has 7 nitrogen and oxygen atoms in total. The van der Waals surface area contributed by atoms with Crippen molar-refractivity contribution in [1.82, 2.24) is 24.5 Å². The Kier molecular flexibility index (Phi) is 4.56. The number of carbonyl (C=O) groups excluding carboxylic acids is 1. The topological polar surface area (TPSA) is 64.8 Å². The number of nitrogens with zero attached hydrogens (tertiary/aromatic N) is 5. The molecule has 4 heterocycles. The molecule has 138 valence electrons. The number of likely N-dealkylation sites (tertiary alicyclic amines) is 2. The predicted octanol–water partition coefficient (Wildman–Crippen LogP) is 0.391. The second-order valence-corrected chi connectivity index (χ2v) is 7.98. The first-order valence-electron chi connectivity index (χ1n) is 9.52. The molecule has 4 rings (SSSR count). The summed E-state index contributed by atoms with van der Waals surface area (Å²) in [6, 6.07) is 1.93. The summed E-state index contributed by atoms with van der Waals surface area (Å²) >= 11 is 0. The van der Waals surface area contributed by atoms with E-state index in [-0.39, 0.29) is 5.91 Å². The Labute approximate surface area is 149 Å². The molecule has 25 heavy (non-hydrogen) atoms. The molecule has 2 saturated heterocycles. The lowest BCUT2D eigenvalue weighted by molar-refractivity contribution is -0.0368. The third kappa shape index (κ3) is 3.59. The molecule has 1 amide bonds. The normalized spacial score (nSPS) is 24.5. The number of amides is 1. The van der Waals surface area contributed by atoms with E-state index in [9.17, 15) is 9.90 Å². The quantitative estimate of drug-likeness (QED) is 0.857. The molecule has 0 aliphatic carbocycles. The molecule has 3 aliphatic heterocycles. The Balaban J connectivity index is 1.36. The van der Waals surface area contributed by atoms with Crippen molar-refractivity contribution < 1.29 is 9.90 Å². The number of hydrogen-bond donors (Lipinski definition) is 1. The van der Waals surface area contributed by atoms with E-state index >= 15 is 0 Å². The van der Waals surface area contributed by atoms with Gasteiger partial charge in [-0.2, -0.15) is 5.10 Å². The van der Waals surface area contributed by atoms with Crippen LogP contribution < -0.4 is 0 Å². The fourth-order valence-corrected chi connectivity index (χ4v) is 4.31. The fraction of sp³-hybridized carbons (Fsp3) is 0.778. The van der Waals surface area contributed by atoms with E-state index in [4.69, 9.17) is 0 Å². The van der Waals surface area contributed by atoms with Gasteiger partial charge >= 0.3 is 0 Å². The van der Waals surface area contributed by atoms with Crippen molar-refractivity contribution in [3.63, 3.8) is 0 Å². The third-order valence-electron chi connectivity index (χ3n) is 5.91. The Morgan fingerprint density at radius 3 is 2.60 bits per heavy atom. The minimum absolute atomic E-state index is 0.00720. The van der Waals surface area contributed by atoms with Gasteiger partial charge in [-0.3, -0.25) is 14.4 Å². The summed E-state index contributed by atoms with van der Waals surface area (Å²) in [5.41, 5.74) is 1.02. The fourth-order valence-electron chi connectivity index (χ4n) is 4.31. The zero-order valence-electron chi connectivity index (χ0n) is 15.2. The molecule has 0 aromatic carbocycles. The molecule has 2 fully saturated rings. The first-order chi connectivity index (χ1) is 12.0. The van der Waals surface area contributed by atoms with Crippen LogP contribution in [0.1, 0.15) is 41.9 Å². The molecule has 0 saturated carbocycles. The van der Waals surface area contributed by atoms with Crippen LogP contribution in [0, 0.1) is 0 Å². The van der Waals surface area contributed by atoms with Gasteiger partial charge in [0.15, 0.2) is 5.69 Å². The number of rotatable bonds is 3. The van der Waals surface area contributed by atoms with E-state index < -0.39 is 5.60 Å². The average molecular weight is 347 g/mol. The van der Waals surface area contributed by atoms with Crippen molar-refractivity contribution in [3.8, 4) is 0 Å². The van der Waals surface area contributed by atoms with Gasteiger partial charge in [-0.15, -0.1) is 0 Å². The molecule has 0 bridgehead atoms. The van der Waals surface area contributed by atoms with Crippen molar-refractivity contribution in [1.29, 1.82) is 0 Å². The van der Waals surface area contributed by atoms with Crippen LogP contribution in [0.15, 0.2) is 6.07 Å². The van der Waals surface area contributed by atoms with Crippen molar-refractivity contribution in [2.24, 2.45) is 0 Å². The van der Waals surface area contributed by atoms with Gasteiger partial charge in [-0.05, 0) is 51.9 Å². The maximum absolute atomic E-state index is 12.8. The van der Waals surface area contributed by atoms with Crippen LogP contribution in [0.5, 0.6) is 0 Å². The SMILES string of the molecule is CN1CCn2nc(C(=O)N3CCC(O)(CN4CCCC4)CC3)cc2C1. The van der Waals surface area contributed by atoms with Crippen molar-refractivity contribution in [3.05, 3.63) is 17.5 Å². The highest BCUT2D eigenvalue weighted by molar-refractivity contribution is 5.92. The monoisotopic (exact) mass is 347 g/mol. The minimum atomic E-state index is -0.642. The van der Waals surface area contributed by atoms with Crippen molar-refractivity contribution in [2.75, 3.05) is 46.3 Å². The number of fused-ring (bicyclic) bond motifs is 1. The molecule has 0 atom stereocenters. The van der Waals surface area contributed by atoms with Crippen molar-refractivity contribution >= 4 is 5.91 Å². The second kappa shape index (κ2) is 6.70. The van der Waals surface area contributed by atoms with E-state index in [1.807, 2.05) is 15.6 Å². The smallest absolute Gasteiger partial charge is 0.274 e. The standard InChI is InChI=1S/C18H29N5O2/c1-20-10-11-23-15(13-20)12-16(19-23)17(24)22-8-4-18(25,5-9-22)14-21-6-2-3-7-21/h12,25H,2-11,13-14H2,1H3. The summed E-state index contributed by atoms with van der Waals surface area (Å²) in [5, 5.41) is 15.4. The van der Waals surface area contributed by atoms with E-state index in [2.05, 4.69) is 21.9 Å². The molecule has 1 aromatic heterocycles. The van der Waals surface area contributed by atoms with Gasteiger partial charge in [0.1, 0.15) is 0 Å². The van der Waals surface area contributed by atoms with Crippen LogP contribution in [0.4, 0.5) is 0 Å². The van der Waals surface area contributed by atoms with Crippen molar-refractivity contribution in [2.45, 2.75) is 44.4 Å². The zero-order chi connectivity index (χ0) is 17.4. The molecular weight excluding hydrogens is 318 g/mol. The molecule has 3 aliphatic rings. The van der Waals surface area contributed by atoms with Gasteiger partial charge in [0.05, 0.1) is 17.8 Å².